The molecule has 30 heavy (non-hydrogen) atoms. The highest BCUT2D eigenvalue weighted by atomic mass is 19.3. The van der Waals surface area contributed by atoms with E-state index in [0.717, 1.165) is 0 Å². The highest BCUT2D eigenvalue weighted by Crippen LogP contribution is 2.29. The van der Waals surface area contributed by atoms with Crippen LogP contribution in [0.15, 0.2) is 42.5 Å². The number of alkyl halides is 2. The number of benzene rings is 2. The Morgan fingerprint density at radius 1 is 1.00 bits per heavy atom. The Bertz CT molecular complexity index is 845. The van der Waals surface area contributed by atoms with Crippen LogP contribution in [0.1, 0.15) is 28.8 Å². The average molecular weight is 424 g/mol. The van der Waals surface area contributed by atoms with Crippen LogP contribution in [0.3, 0.4) is 0 Å². The lowest BCUT2D eigenvalue weighted by Gasteiger charge is -2.12. The van der Waals surface area contributed by atoms with Gasteiger partial charge in [0.05, 0.1) is 7.11 Å². The minimum absolute atomic E-state index is 0.0618. The van der Waals surface area contributed by atoms with Gasteiger partial charge in [0, 0.05) is 25.1 Å². The monoisotopic (exact) mass is 424 g/mol. The molecule has 6 nitrogen and oxygen atoms in total. The third kappa shape index (κ3) is 7.65. The Kier molecular flexibility index (Phi) is 8.99. The van der Waals surface area contributed by atoms with Crippen molar-refractivity contribution in [3.8, 4) is 11.5 Å². The molecule has 0 atom stereocenters. The first-order valence-corrected chi connectivity index (χ1v) is 9.31. The van der Waals surface area contributed by atoms with Crippen molar-refractivity contribution < 1.29 is 32.2 Å². The fraction of sp³-hybridized carbons (Fsp3) is 0.333. The van der Waals surface area contributed by atoms with E-state index in [1.165, 1.54) is 43.5 Å². The minimum Gasteiger partial charge on any atom is -0.493 e. The lowest BCUT2D eigenvalue weighted by molar-refractivity contribution is -0.121. The molecule has 2 aromatic rings. The molecule has 2 N–H and O–H groups in total. The van der Waals surface area contributed by atoms with E-state index in [1.54, 1.807) is 6.07 Å². The molecule has 9 heteroatoms. The van der Waals surface area contributed by atoms with Crippen LogP contribution in [0.4, 0.5) is 13.2 Å². The third-order valence-electron chi connectivity index (χ3n) is 4.15. The summed E-state index contributed by atoms with van der Waals surface area (Å²) in [5.74, 6) is -0.810. The van der Waals surface area contributed by atoms with Crippen molar-refractivity contribution in [3.63, 3.8) is 0 Å². The highest BCUT2D eigenvalue weighted by Gasteiger charge is 2.11. The summed E-state index contributed by atoms with van der Waals surface area (Å²) < 4.78 is 47.2. The molecule has 2 amide bonds. The topological polar surface area (TPSA) is 76.7 Å². The molecule has 0 saturated heterocycles. The van der Waals surface area contributed by atoms with Gasteiger partial charge in [-0.2, -0.15) is 8.78 Å². The summed E-state index contributed by atoms with van der Waals surface area (Å²) in [6, 6.07) is 9.85. The second-order valence-electron chi connectivity index (χ2n) is 6.33. The van der Waals surface area contributed by atoms with Crippen LogP contribution >= 0.6 is 0 Å². The first-order chi connectivity index (χ1) is 14.4. The number of rotatable bonds is 11. The SMILES string of the molecule is COc1ccc(CCNC(=O)CCCNC(=O)c2ccc(F)cc2)cc1OC(F)F. The lowest BCUT2D eigenvalue weighted by Crippen LogP contribution is -2.28. The molecule has 0 aromatic heterocycles. The molecule has 162 valence electrons. The Labute approximate surface area is 172 Å². The summed E-state index contributed by atoms with van der Waals surface area (Å²) in [6.07, 6.45) is 1.08. The van der Waals surface area contributed by atoms with Gasteiger partial charge in [-0.1, -0.05) is 6.07 Å². The molecule has 0 spiro atoms. The maximum atomic E-state index is 12.8. The average Bonchev–Trinajstić information content (AvgIpc) is 2.71. The standard InChI is InChI=1S/C21H23F3N2O4/c1-29-17-9-4-14(13-18(17)30-21(23)24)10-12-25-19(27)3-2-11-26-20(28)15-5-7-16(22)8-6-15/h4-9,13,21H,2-3,10-12H2,1H3,(H,25,27)(H,26,28). The van der Waals surface area contributed by atoms with Gasteiger partial charge in [0.25, 0.3) is 5.91 Å². The molecular weight excluding hydrogens is 401 g/mol. The molecule has 2 aromatic carbocycles. The number of nitrogens with one attached hydrogen (secondary N) is 2. The largest absolute Gasteiger partial charge is 0.493 e. The fourth-order valence-electron chi connectivity index (χ4n) is 2.65. The van der Waals surface area contributed by atoms with Gasteiger partial charge in [0.15, 0.2) is 11.5 Å². The second kappa shape index (κ2) is 11.7. The molecule has 0 saturated carbocycles. The Morgan fingerprint density at radius 3 is 2.40 bits per heavy atom. The van der Waals surface area contributed by atoms with Gasteiger partial charge < -0.3 is 20.1 Å². The number of hydrogen-bond acceptors (Lipinski definition) is 4. The van der Waals surface area contributed by atoms with Crippen LogP contribution in [-0.2, 0) is 11.2 Å². The summed E-state index contributed by atoms with van der Waals surface area (Å²) in [6.45, 7) is -2.34. The predicted octanol–water partition coefficient (Wildman–Crippen LogP) is 3.30. The molecule has 0 fully saturated rings. The van der Waals surface area contributed by atoms with E-state index in [4.69, 9.17) is 4.74 Å². The van der Waals surface area contributed by atoms with E-state index < -0.39 is 12.4 Å². The number of methoxy groups -OCH3 is 1. The van der Waals surface area contributed by atoms with E-state index in [2.05, 4.69) is 15.4 Å². The van der Waals surface area contributed by atoms with E-state index in [1.807, 2.05) is 0 Å². The fourth-order valence-corrected chi connectivity index (χ4v) is 2.65. The van der Waals surface area contributed by atoms with Crippen LogP contribution in [0.25, 0.3) is 0 Å². The smallest absolute Gasteiger partial charge is 0.387 e. The lowest BCUT2D eigenvalue weighted by atomic mass is 10.1. The zero-order chi connectivity index (χ0) is 21.9. The van der Waals surface area contributed by atoms with E-state index in [0.29, 0.717) is 37.1 Å². The van der Waals surface area contributed by atoms with Crippen LogP contribution < -0.4 is 20.1 Å². The Balaban J connectivity index is 1.67. The van der Waals surface area contributed by atoms with Gasteiger partial charge in [0.2, 0.25) is 5.91 Å². The molecule has 0 radical (unpaired) electrons. The van der Waals surface area contributed by atoms with Gasteiger partial charge in [-0.05, 0) is 54.8 Å². The van der Waals surface area contributed by atoms with Crippen LogP contribution in [0.5, 0.6) is 11.5 Å². The molecule has 0 aliphatic heterocycles. The van der Waals surface area contributed by atoms with Gasteiger partial charge in [-0.3, -0.25) is 9.59 Å². The zero-order valence-electron chi connectivity index (χ0n) is 16.4. The van der Waals surface area contributed by atoms with E-state index in [-0.39, 0.29) is 29.7 Å². The first-order valence-electron chi connectivity index (χ1n) is 9.31. The molecular formula is C21H23F3N2O4. The van der Waals surface area contributed by atoms with Crippen LogP contribution in [-0.4, -0.2) is 38.6 Å². The van der Waals surface area contributed by atoms with Crippen LogP contribution in [0, 0.1) is 5.82 Å². The van der Waals surface area contributed by atoms with Crippen molar-refractivity contribution in [1.29, 1.82) is 0 Å². The normalized spacial score (nSPS) is 10.6. The van der Waals surface area contributed by atoms with Crippen molar-refractivity contribution in [2.24, 2.45) is 0 Å². The summed E-state index contributed by atoms with van der Waals surface area (Å²) in [4.78, 5) is 23.8. The van der Waals surface area contributed by atoms with Crippen molar-refractivity contribution in [1.82, 2.24) is 10.6 Å². The van der Waals surface area contributed by atoms with Crippen LogP contribution in [0.2, 0.25) is 0 Å². The van der Waals surface area contributed by atoms with Crippen molar-refractivity contribution >= 4 is 11.8 Å². The summed E-state index contributed by atoms with van der Waals surface area (Å²) in [5.41, 5.74) is 1.05. The number of halogens is 3. The predicted molar refractivity (Wildman–Crippen MR) is 104 cm³/mol. The molecule has 0 unspecified atom stereocenters. The van der Waals surface area contributed by atoms with E-state index >= 15 is 0 Å². The molecule has 0 heterocycles. The van der Waals surface area contributed by atoms with Gasteiger partial charge in [0.1, 0.15) is 5.82 Å². The van der Waals surface area contributed by atoms with Crippen molar-refractivity contribution in [3.05, 3.63) is 59.4 Å². The van der Waals surface area contributed by atoms with Crippen molar-refractivity contribution in [2.75, 3.05) is 20.2 Å². The summed E-state index contributed by atoms with van der Waals surface area (Å²) in [5, 5.41) is 5.39. The highest BCUT2D eigenvalue weighted by molar-refractivity contribution is 5.94. The third-order valence-corrected chi connectivity index (χ3v) is 4.15. The molecule has 0 aliphatic rings. The number of carbonyl (C=O) groups is 2. The molecule has 2 rings (SSSR count). The summed E-state index contributed by atoms with van der Waals surface area (Å²) >= 11 is 0. The number of hydrogen-bond donors (Lipinski definition) is 2. The minimum atomic E-state index is -2.96. The second-order valence-corrected chi connectivity index (χ2v) is 6.33. The van der Waals surface area contributed by atoms with E-state index in [9.17, 15) is 22.8 Å². The molecule has 0 bridgehead atoms. The van der Waals surface area contributed by atoms with Crippen molar-refractivity contribution in [2.45, 2.75) is 25.9 Å². The van der Waals surface area contributed by atoms with Gasteiger partial charge in [-0.25, -0.2) is 4.39 Å². The number of ether oxygens (including phenoxy) is 2. The first kappa shape index (κ1) is 23.1. The van der Waals surface area contributed by atoms with Gasteiger partial charge in [-0.15, -0.1) is 0 Å². The zero-order valence-corrected chi connectivity index (χ0v) is 16.4. The molecule has 0 aliphatic carbocycles. The van der Waals surface area contributed by atoms with Gasteiger partial charge >= 0.3 is 6.61 Å². The summed E-state index contributed by atoms with van der Waals surface area (Å²) in [7, 11) is 1.36. The maximum absolute atomic E-state index is 12.8. The number of amides is 2. The quantitative estimate of drug-likeness (QED) is 0.543. The Hall–Kier alpha value is -3.23. The number of carbonyl (C=O) groups excluding carboxylic acids is 2. The maximum Gasteiger partial charge on any atom is 0.387 e. The Morgan fingerprint density at radius 2 is 1.73 bits per heavy atom.